The second-order valence-electron chi connectivity index (χ2n) is 24.6. The van der Waals surface area contributed by atoms with Crippen molar-refractivity contribution in [3.8, 4) is 0 Å². The molecule has 14 heteroatoms. The Morgan fingerprint density at radius 3 is 1.25 bits per heavy atom. The van der Waals surface area contributed by atoms with E-state index in [-0.39, 0.29) is 18.9 Å². The molecule has 0 aliphatic carbocycles. The van der Waals surface area contributed by atoms with Gasteiger partial charge >= 0.3 is 0 Å². The molecular formula is C74H129NO13. The summed E-state index contributed by atoms with van der Waals surface area (Å²) in [7, 11) is 0. The quantitative estimate of drug-likeness (QED) is 0.0204. The molecule has 14 nitrogen and oxygen atoms in total. The summed E-state index contributed by atoms with van der Waals surface area (Å²) in [4.78, 5) is 13.3. The summed E-state index contributed by atoms with van der Waals surface area (Å²) in [5, 5.41) is 87.3. The van der Waals surface area contributed by atoms with Gasteiger partial charge in [0.05, 0.1) is 32.0 Å². The molecule has 2 aliphatic rings. The van der Waals surface area contributed by atoms with Gasteiger partial charge in [-0.1, -0.05) is 278 Å². The fraction of sp³-hybridized carbons (Fsp3) is 0.770. The first kappa shape index (κ1) is 81.0. The Balaban J connectivity index is 1.59. The number of ether oxygens (including phenoxy) is 4. The molecule has 2 fully saturated rings. The largest absolute Gasteiger partial charge is 0.394 e. The second kappa shape index (κ2) is 57.8. The SMILES string of the molecule is CC/C=C\C/C=C\C/C=C\C/C=C\C/C=C\C/C=C\CCCCCCCCCCCCCCCCCCCCCCC(=O)NC(COC1OC(CO)C(OC2OC(CO)C(O)C(O)C2O)C(O)C1O)C(O)/C=C/CC/C=C/CCCCCCCCCCC. The highest BCUT2D eigenvalue weighted by Gasteiger charge is 2.51. The lowest BCUT2D eigenvalue weighted by molar-refractivity contribution is -0.359. The number of amides is 1. The highest BCUT2D eigenvalue weighted by Crippen LogP contribution is 2.30. The van der Waals surface area contributed by atoms with Gasteiger partial charge < -0.3 is 65.1 Å². The van der Waals surface area contributed by atoms with E-state index >= 15 is 0 Å². The number of unbranched alkanes of at least 4 members (excludes halogenated alkanes) is 30. The molecule has 12 unspecified atom stereocenters. The number of nitrogens with one attached hydrogen (secondary N) is 1. The lowest BCUT2D eigenvalue weighted by Gasteiger charge is -2.46. The first-order valence-electron chi connectivity index (χ1n) is 35.5. The Bertz CT molecular complexity index is 1850. The number of aliphatic hydroxyl groups excluding tert-OH is 8. The summed E-state index contributed by atoms with van der Waals surface area (Å²) >= 11 is 0. The third-order valence-electron chi connectivity index (χ3n) is 16.8. The van der Waals surface area contributed by atoms with Crippen LogP contribution in [0.1, 0.15) is 271 Å². The van der Waals surface area contributed by atoms with Crippen LogP contribution in [0.5, 0.6) is 0 Å². The predicted octanol–water partition coefficient (Wildman–Crippen LogP) is 14.6. The molecule has 0 aromatic rings. The van der Waals surface area contributed by atoms with Crippen LogP contribution in [0.25, 0.3) is 0 Å². The van der Waals surface area contributed by atoms with Gasteiger partial charge in [-0.15, -0.1) is 0 Å². The molecule has 9 N–H and O–H groups in total. The highest BCUT2D eigenvalue weighted by atomic mass is 16.7. The van der Waals surface area contributed by atoms with E-state index in [0.717, 1.165) is 70.6 Å². The van der Waals surface area contributed by atoms with Gasteiger partial charge in [-0.25, -0.2) is 0 Å². The third-order valence-corrected chi connectivity index (χ3v) is 16.8. The van der Waals surface area contributed by atoms with Crippen LogP contribution in [0.15, 0.2) is 97.2 Å². The van der Waals surface area contributed by atoms with Gasteiger partial charge in [0.1, 0.15) is 48.8 Å². The highest BCUT2D eigenvalue weighted by molar-refractivity contribution is 5.76. The van der Waals surface area contributed by atoms with Gasteiger partial charge in [-0.3, -0.25) is 4.79 Å². The fourth-order valence-electron chi connectivity index (χ4n) is 11.1. The molecule has 0 aromatic carbocycles. The fourth-order valence-corrected chi connectivity index (χ4v) is 11.1. The van der Waals surface area contributed by atoms with E-state index in [1.54, 1.807) is 6.08 Å². The van der Waals surface area contributed by atoms with Crippen molar-refractivity contribution >= 4 is 5.91 Å². The van der Waals surface area contributed by atoms with Crippen LogP contribution < -0.4 is 5.32 Å². The van der Waals surface area contributed by atoms with E-state index < -0.39 is 86.8 Å². The monoisotopic (exact) mass is 1240 g/mol. The summed E-state index contributed by atoms with van der Waals surface area (Å²) < 4.78 is 22.8. The molecule has 0 radical (unpaired) electrons. The van der Waals surface area contributed by atoms with E-state index in [2.05, 4.69) is 104 Å². The van der Waals surface area contributed by atoms with Crippen LogP contribution in [-0.4, -0.2) is 140 Å². The van der Waals surface area contributed by atoms with Crippen LogP contribution in [0, 0.1) is 0 Å². The van der Waals surface area contributed by atoms with Crippen LogP contribution in [0.3, 0.4) is 0 Å². The Kier molecular flexibility index (Phi) is 53.2. The zero-order valence-electron chi connectivity index (χ0n) is 55.2. The molecule has 2 heterocycles. The van der Waals surface area contributed by atoms with Crippen molar-refractivity contribution in [3.63, 3.8) is 0 Å². The molecule has 2 rings (SSSR count). The van der Waals surface area contributed by atoms with Gasteiger partial charge in [-0.05, 0) is 83.5 Å². The Labute approximate surface area is 534 Å². The lowest BCUT2D eigenvalue weighted by atomic mass is 9.97. The van der Waals surface area contributed by atoms with E-state index in [0.29, 0.717) is 12.8 Å². The standard InChI is InChI=1S/C74H129NO13/c1-3-5-7-9-11-13-15-17-19-20-21-22-23-24-25-26-27-28-29-30-31-32-33-34-35-36-37-38-39-40-41-42-44-46-48-50-52-54-56-58-66(79)75-62(63(78)57-55-53-51-49-47-45-43-18-16-14-12-10-8-6-4-2)61-85-73-71(84)69(82)72(65(60-77)87-73)88-74-70(83)68(81)67(80)64(59-76)86-74/h5,7,11,13,17,19,21-22,24-25,27-28,47,49,55,57,62-65,67-74,76-78,80-84H,3-4,6,8-10,12,14-16,18,20,23,26,29-46,48,50-54,56,58-61H2,1-2H3,(H,75,79)/b7-5-,13-11-,19-17-,22-21-,25-24-,28-27-,49-47+,57-55+. The number of hydrogen-bond donors (Lipinski definition) is 9. The summed E-state index contributed by atoms with van der Waals surface area (Å²) in [6.45, 7) is 2.67. The minimum absolute atomic E-state index is 0.249. The number of hydrogen-bond acceptors (Lipinski definition) is 13. The molecule has 0 aromatic heterocycles. The molecule has 0 spiro atoms. The van der Waals surface area contributed by atoms with E-state index in [1.165, 1.54) is 167 Å². The van der Waals surface area contributed by atoms with Crippen LogP contribution in [0.2, 0.25) is 0 Å². The average molecular weight is 1240 g/mol. The van der Waals surface area contributed by atoms with Crippen molar-refractivity contribution in [2.24, 2.45) is 0 Å². The Hall–Kier alpha value is -3.09. The summed E-state index contributed by atoms with van der Waals surface area (Å²) in [6.07, 6.45) is 64.8. The first-order valence-corrected chi connectivity index (χ1v) is 35.5. The number of allylic oxidation sites excluding steroid dienone is 15. The minimum Gasteiger partial charge on any atom is -0.394 e. The maximum absolute atomic E-state index is 13.3. The molecule has 12 atom stereocenters. The molecule has 508 valence electrons. The smallest absolute Gasteiger partial charge is 0.220 e. The minimum atomic E-state index is -1.79. The lowest BCUT2D eigenvalue weighted by Crippen LogP contribution is -2.65. The molecular weight excluding hydrogens is 1110 g/mol. The van der Waals surface area contributed by atoms with Gasteiger partial charge in [0.15, 0.2) is 12.6 Å². The van der Waals surface area contributed by atoms with Crippen LogP contribution in [-0.2, 0) is 23.7 Å². The van der Waals surface area contributed by atoms with Gasteiger partial charge in [0.2, 0.25) is 5.91 Å². The van der Waals surface area contributed by atoms with Crippen molar-refractivity contribution in [2.45, 2.75) is 344 Å². The van der Waals surface area contributed by atoms with Gasteiger partial charge in [0.25, 0.3) is 0 Å². The number of aliphatic hydroxyl groups is 8. The summed E-state index contributed by atoms with van der Waals surface area (Å²) in [6, 6.07) is -0.934. The number of rotatable bonds is 57. The first-order chi connectivity index (χ1) is 43.1. The Morgan fingerprint density at radius 2 is 0.795 bits per heavy atom. The van der Waals surface area contributed by atoms with Crippen molar-refractivity contribution in [1.82, 2.24) is 5.32 Å². The number of carbonyl (C=O) groups is 1. The molecule has 88 heavy (non-hydrogen) atoms. The maximum Gasteiger partial charge on any atom is 0.220 e. The Morgan fingerprint density at radius 1 is 0.420 bits per heavy atom. The van der Waals surface area contributed by atoms with Crippen molar-refractivity contribution < 1.29 is 64.6 Å². The molecule has 2 saturated heterocycles. The normalized spacial score (nSPS) is 23.8. The molecule has 2 aliphatic heterocycles. The maximum atomic E-state index is 13.3. The van der Waals surface area contributed by atoms with Crippen molar-refractivity contribution in [3.05, 3.63) is 97.2 Å². The zero-order chi connectivity index (χ0) is 63.8. The van der Waals surface area contributed by atoms with Crippen LogP contribution in [0.4, 0.5) is 0 Å². The number of carbonyl (C=O) groups excluding carboxylic acids is 1. The average Bonchev–Trinajstić information content (AvgIpc) is 2.99. The summed E-state index contributed by atoms with van der Waals surface area (Å²) in [5.41, 5.74) is 0. The topological polar surface area (TPSA) is 228 Å². The second-order valence-corrected chi connectivity index (χ2v) is 24.6. The van der Waals surface area contributed by atoms with Crippen LogP contribution >= 0.6 is 0 Å². The molecule has 1 amide bonds. The zero-order valence-corrected chi connectivity index (χ0v) is 55.2. The molecule has 0 bridgehead atoms. The van der Waals surface area contributed by atoms with Crippen molar-refractivity contribution in [2.75, 3.05) is 19.8 Å². The van der Waals surface area contributed by atoms with Gasteiger partial charge in [0, 0.05) is 6.42 Å². The van der Waals surface area contributed by atoms with E-state index in [9.17, 15) is 45.6 Å². The van der Waals surface area contributed by atoms with E-state index in [1.807, 2.05) is 6.08 Å². The van der Waals surface area contributed by atoms with E-state index in [4.69, 9.17) is 18.9 Å². The van der Waals surface area contributed by atoms with Gasteiger partial charge in [-0.2, -0.15) is 0 Å². The predicted molar refractivity (Wildman–Crippen MR) is 359 cm³/mol. The van der Waals surface area contributed by atoms with Crippen molar-refractivity contribution in [1.29, 1.82) is 0 Å². The summed E-state index contributed by atoms with van der Waals surface area (Å²) in [5.74, 6) is -0.249. The molecule has 0 saturated carbocycles. The third kappa shape index (κ3) is 41.4.